The van der Waals surface area contributed by atoms with E-state index in [9.17, 15) is 9.90 Å². The summed E-state index contributed by atoms with van der Waals surface area (Å²) in [6, 6.07) is 4.11. The van der Waals surface area contributed by atoms with Crippen molar-refractivity contribution in [2.75, 3.05) is 0 Å². The van der Waals surface area contributed by atoms with Gasteiger partial charge in [-0.05, 0) is 56.7 Å². The first-order valence-corrected chi connectivity index (χ1v) is 9.53. The zero-order valence-electron chi connectivity index (χ0n) is 14.8. The molecule has 3 aliphatic rings. The third kappa shape index (κ3) is 2.62. The van der Waals surface area contributed by atoms with Gasteiger partial charge in [0.05, 0.1) is 0 Å². The molecule has 1 heterocycles. The number of benzene rings is 1. The van der Waals surface area contributed by atoms with E-state index in [0.29, 0.717) is 36.2 Å². The molecule has 2 aliphatic carbocycles. The van der Waals surface area contributed by atoms with Crippen molar-refractivity contribution < 1.29 is 14.6 Å². The van der Waals surface area contributed by atoms with Crippen LogP contribution < -0.4 is 4.74 Å². The van der Waals surface area contributed by atoms with Gasteiger partial charge in [-0.3, -0.25) is 4.79 Å². The molecule has 1 aromatic carbocycles. The van der Waals surface area contributed by atoms with Crippen LogP contribution >= 0.6 is 0 Å². The van der Waals surface area contributed by atoms with Gasteiger partial charge in [-0.2, -0.15) is 0 Å². The van der Waals surface area contributed by atoms with E-state index in [1.54, 1.807) is 0 Å². The predicted molar refractivity (Wildman–Crippen MR) is 93.7 cm³/mol. The second kappa shape index (κ2) is 5.79. The first-order valence-electron chi connectivity index (χ1n) is 9.53. The largest absolute Gasteiger partial charge is 0.508 e. The summed E-state index contributed by atoms with van der Waals surface area (Å²) in [6.45, 7) is 4.27. The van der Waals surface area contributed by atoms with Crippen LogP contribution in [0.25, 0.3) is 0 Å². The van der Waals surface area contributed by atoms with Gasteiger partial charge in [-0.1, -0.05) is 19.3 Å². The molecule has 2 saturated carbocycles. The number of ketones is 1. The minimum absolute atomic E-state index is 0.102. The third-order valence-electron chi connectivity index (χ3n) is 6.52. The Morgan fingerprint density at radius 2 is 1.88 bits per heavy atom. The number of aromatic hydroxyl groups is 1. The molecule has 0 spiro atoms. The number of carbonyl (C=O) groups is 1. The summed E-state index contributed by atoms with van der Waals surface area (Å²) in [5.41, 5.74) is 1.81. The van der Waals surface area contributed by atoms with Crippen LogP contribution in [-0.4, -0.2) is 16.5 Å². The predicted octanol–water partition coefficient (Wildman–Crippen LogP) is 5.06. The number of Topliss-reactive ketones (excluding diaryl/α,β-unsaturated/α-hetero) is 1. The molecule has 0 unspecified atom stereocenters. The number of phenols is 1. The van der Waals surface area contributed by atoms with Crippen molar-refractivity contribution in [1.29, 1.82) is 0 Å². The molecule has 0 saturated heterocycles. The summed E-state index contributed by atoms with van der Waals surface area (Å²) in [5, 5.41) is 10.8. The summed E-state index contributed by atoms with van der Waals surface area (Å²) in [6.07, 6.45) is 8.31. The van der Waals surface area contributed by atoms with Crippen LogP contribution in [-0.2, 0) is 4.79 Å². The molecule has 3 nitrogen and oxygen atoms in total. The highest BCUT2D eigenvalue weighted by molar-refractivity contribution is 5.81. The molecule has 0 amide bonds. The second-order valence-electron chi connectivity index (χ2n) is 8.49. The highest BCUT2D eigenvalue weighted by Gasteiger charge is 2.47. The van der Waals surface area contributed by atoms with E-state index >= 15 is 0 Å². The van der Waals surface area contributed by atoms with Gasteiger partial charge in [0.15, 0.2) is 0 Å². The Labute approximate surface area is 144 Å². The van der Waals surface area contributed by atoms with Gasteiger partial charge < -0.3 is 9.84 Å². The van der Waals surface area contributed by atoms with Gasteiger partial charge >= 0.3 is 0 Å². The van der Waals surface area contributed by atoms with Crippen molar-refractivity contribution in [3.8, 4) is 11.5 Å². The number of hydrogen-bond acceptors (Lipinski definition) is 3. The monoisotopic (exact) mass is 328 g/mol. The molecule has 1 aliphatic heterocycles. The Balaban J connectivity index is 1.75. The van der Waals surface area contributed by atoms with Crippen LogP contribution in [0.3, 0.4) is 0 Å². The maximum Gasteiger partial charge on any atom is 0.133 e. The Morgan fingerprint density at radius 3 is 2.62 bits per heavy atom. The number of carbonyl (C=O) groups excluding carboxylic acids is 1. The van der Waals surface area contributed by atoms with Gasteiger partial charge in [0.2, 0.25) is 0 Å². The smallest absolute Gasteiger partial charge is 0.133 e. The van der Waals surface area contributed by atoms with E-state index in [0.717, 1.165) is 17.7 Å². The number of hydrogen-bond donors (Lipinski definition) is 1. The van der Waals surface area contributed by atoms with Crippen LogP contribution in [0.2, 0.25) is 0 Å². The molecule has 130 valence electrons. The molecular weight excluding hydrogens is 300 g/mol. The average Bonchev–Trinajstić information content (AvgIpc) is 2.54. The molecule has 0 radical (unpaired) electrons. The Bertz CT molecular complexity index is 655. The molecule has 1 aromatic rings. The molecule has 0 aromatic heterocycles. The number of ether oxygens (including phenoxy) is 1. The van der Waals surface area contributed by atoms with Crippen LogP contribution in [0, 0.1) is 5.92 Å². The van der Waals surface area contributed by atoms with Gasteiger partial charge in [0, 0.05) is 30.2 Å². The summed E-state index contributed by atoms with van der Waals surface area (Å²) < 4.78 is 6.37. The number of fused-ring (bicyclic) bond motifs is 3. The van der Waals surface area contributed by atoms with Crippen LogP contribution in [0.15, 0.2) is 12.1 Å². The average molecular weight is 328 g/mol. The van der Waals surface area contributed by atoms with Crippen molar-refractivity contribution in [2.24, 2.45) is 5.92 Å². The summed E-state index contributed by atoms with van der Waals surface area (Å²) in [4.78, 5) is 12.0. The van der Waals surface area contributed by atoms with Crippen molar-refractivity contribution in [2.45, 2.75) is 82.7 Å². The van der Waals surface area contributed by atoms with Gasteiger partial charge in [0.1, 0.15) is 22.9 Å². The highest BCUT2D eigenvalue weighted by atomic mass is 16.5. The zero-order chi connectivity index (χ0) is 16.9. The number of phenolic OH excluding ortho intramolecular Hbond substituents is 1. The standard InChI is InChI=1S/C21H28O3/c1-21(2)17-9-8-15(22)12-16(17)20-18(23)10-14(11-19(20)24-21)13-6-4-3-5-7-13/h10-11,13,16-17,23H,3-9,12H2,1-2H3/t16-,17-/m1/s1. The fourth-order valence-corrected chi connectivity index (χ4v) is 5.26. The van der Waals surface area contributed by atoms with Gasteiger partial charge in [-0.25, -0.2) is 0 Å². The lowest BCUT2D eigenvalue weighted by atomic mass is 9.66. The zero-order valence-corrected chi connectivity index (χ0v) is 14.8. The molecule has 0 bridgehead atoms. The van der Waals surface area contributed by atoms with E-state index < -0.39 is 0 Å². The van der Waals surface area contributed by atoms with Gasteiger partial charge in [0.25, 0.3) is 0 Å². The minimum Gasteiger partial charge on any atom is -0.508 e. The van der Waals surface area contributed by atoms with Crippen molar-refractivity contribution in [1.82, 2.24) is 0 Å². The molecule has 24 heavy (non-hydrogen) atoms. The molecule has 4 rings (SSSR count). The van der Waals surface area contributed by atoms with Crippen LogP contribution in [0.1, 0.15) is 88.2 Å². The lowest BCUT2D eigenvalue weighted by Gasteiger charge is -2.47. The molecular formula is C21H28O3. The van der Waals surface area contributed by atoms with E-state index in [1.807, 2.05) is 6.07 Å². The van der Waals surface area contributed by atoms with Crippen molar-refractivity contribution in [3.05, 3.63) is 23.3 Å². The van der Waals surface area contributed by atoms with Crippen molar-refractivity contribution >= 4 is 5.78 Å². The Hall–Kier alpha value is -1.51. The summed E-state index contributed by atoms with van der Waals surface area (Å²) >= 11 is 0. The maximum atomic E-state index is 12.0. The second-order valence-corrected chi connectivity index (χ2v) is 8.49. The lowest BCUT2D eigenvalue weighted by Crippen LogP contribution is -2.47. The van der Waals surface area contributed by atoms with E-state index in [1.165, 1.54) is 37.7 Å². The Morgan fingerprint density at radius 1 is 1.12 bits per heavy atom. The minimum atomic E-state index is -0.282. The summed E-state index contributed by atoms with van der Waals surface area (Å²) in [5.74, 6) is 2.41. The molecule has 3 heteroatoms. The molecule has 2 fully saturated rings. The van der Waals surface area contributed by atoms with E-state index in [-0.39, 0.29) is 11.5 Å². The van der Waals surface area contributed by atoms with Crippen molar-refractivity contribution in [3.63, 3.8) is 0 Å². The SMILES string of the molecule is CC1(C)Oc2cc(C3CCCCC3)cc(O)c2[C@@H]2CC(=O)CC[C@H]21. The fraction of sp³-hybridized carbons (Fsp3) is 0.667. The fourth-order valence-electron chi connectivity index (χ4n) is 5.26. The summed E-state index contributed by atoms with van der Waals surface area (Å²) in [7, 11) is 0. The van der Waals surface area contributed by atoms with Gasteiger partial charge in [-0.15, -0.1) is 0 Å². The Kier molecular flexibility index (Phi) is 3.85. The van der Waals surface area contributed by atoms with Crippen LogP contribution in [0.4, 0.5) is 0 Å². The lowest BCUT2D eigenvalue weighted by molar-refractivity contribution is -0.124. The number of rotatable bonds is 1. The maximum absolute atomic E-state index is 12.0. The highest BCUT2D eigenvalue weighted by Crippen LogP contribution is 2.54. The molecule has 1 N–H and O–H groups in total. The quantitative estimate of drug-likeness (QED) is 0.783. The van der Waals surface area contributed by atoms with E-state index in [2.05, 4.69) is 19.9 Å². The van der Waals surface area contributed by atoms with Crippen LogP contribution in [0.5, 0.6) is 11.5 Å². The third-order valence-corrected chi connectivity index (χ3v) is 6.52. The molecule has 2 atom stereocenters. The normalized spacial score (nSPS) is 29.5. The topological polar surface area (TPSA) is 46.5 Å². The first-order chi connectivity index (χ1) is 11.5. The van der Waals surface area contributed by atoms with E-state index in [4.69, 9.17) is 4.74 Å². The first kappa shape index (κ1) is 16.0.